The molecule has 2 unspecified atom stereocenters. The molecule has 19 heavy (non-hydrogen) atoms. The maximum absolute atomic E-state index is 12.4. The van der Waals surface area contributed by atoms with Gasteiger partial charge in [0.2, 0.25) is 0 Å². The Bertz CT molecular complexity index is 505. The second-order valence-electron chi connectivity index (χ2n) is 4.44. The van der Waals surface area contributed by atoms with E-state index in [9.17, 15) is 9.32 Å². The van der Waals surface area contributed by atoms with Gasteiger partial charge < -0.3 is 10.2 Å². The highest BCUT2D eigenvalue weighted by atomic mass is 35.5. The molecule has 0 bridgehead atoms. The number of β-amino-alcohol motifs (C(OH)–C–C–N with tert-alkyl or cyclic N) is 1. The van der Waals surface area contributed by atoms with E-state index in [0.717, 1.165) is 0 Å². The quantitative estimate of drug-likeness (QED) is 0.883. The Morgan fingerprint density at radius 3 is 2.37 bits per heavy atom. The lowest BCUT2D eigenvalue weighted by atomic mass is 10.1. The van der Waals surface area contributed by atoms with Crippen molar-refractivity contribution in [2.75, 3.05) is 19.7 Å². The van der Waals surface area contributed by atoms with E-state index in [1.54, 1.807) is 0 Å². The van der Waals surface area contributed by atoms with Gasteiger partial charge in [-0.25, -0.2) is 8.51 Å². The van der Waals surface area contributed by atoms with Crippen LogP contribution in [0.1, 0.15) is 6.42 Å². The van der Waals surface area contributed by atoms with Gasteiger partial charge in [-0.2, -0.15) is 0 Å². The average Bonchev–Trinajstić information content (AvgIpc) is 2.71. The van der Waals surface area contributed by atoms with Crippen molar-refractivity contribution in [1.29, 1.82) is 0 Å². The molecule has 1 heterocycles. The van der Waals surface area contributed by atoms with Gasteiger partial charge in [0.15, 0.2) is 0 Å². The first kappa shape index (κ1) is 15.5. The summed E-state index contributed by atoms with van der Waals surface area (Å²) in [5.41, 5.74) is -1.22. The summed E-state index contributed by atoms with van der Waals surface area (Å²) in [6, 6.07) is 2.94. The molecule has 1 aliphatic rings. The number of nitrogens with zero attached hydrogens (tertiary/aromatic N) is 1. The second kappa shape index (κ2) is 5.85. The molecule has 1 saturated heterocycles. The minimum absolute atomic E-state index is 0.103. The first-order valence-electron chi connectivity index (χ1n) is 5.51. The van der Waals surface area contributed by atoms with Gasteiger partial charge in [0.25, 0.3) is 0 Å². The van der Waals surface area contributed by atoms with Crippen LogP contribution in [0.2, 0.25) is 15.1 Å². The van der Waals surface area contributed by atoms with E-state index in [1.807, 2.05) is 0 Å². The third-order valence-corrected chi connectivity index (χ3v) is 5.57. The Hall–Kier alpha value is 0.120. The number of aliphatic hydroxyl groups excluding tert-OH is 1. The van der Waals surface area contributed by atoms with Crippen LogP contribution in [0.5, 0.6) is 0 Å². The molecule has 1 fully saturated rings. The van der Waals surface area contributed by atoms with Crippen molar-refractivity contribution >= 4 is 45.8 Å². The SMILES string of the molecule is O=S(c1c(Cl)cc(Cl)cc1Cl)N1CCC(O)(CO)C1. The molecule has 1 aromatic carbocycles. The highest BCUT2D eigenvalue weighted by Gasteiger charge is 2.38. The van der Waals surface area contributed by atoms with Gasteiger partial charge in [-0.3, -0.25) is 0 Å². The van der Waals surface area contributed by atoms with Crippen LogP contribution < -0.4 is 0 Å². The van der Waals surface area contributed by atoms with Crippen molar-refractivity contribution in [3.63, 3.8) is 0 Å². The van der Waals surface area contributed by atoms with E-state index in [2.05, 4.69) is 0 Å². The summed E-state index contributed by atoms with van der Waals surface area (Å²) < 4.78 is 14.0. The van der Waals surface area contributed by atoms with Crippen LogP contribution in [0.3, 0.4) is 0 Å². The van der Waals surface area contributed by atoms with E-state index in [1.165, 1.54) is 16.4 Å². The molecule has 0 saturated carbocycles. The van der Waals surface area contributed by atoms with E-state index in [4.69, 9.17) is 39.9 Å². The predicted molar refractivity (Wildman–Crippen MR) is 76.1 cm³/mol. The number of aliphatic hydroxyl groups is 2. The minimum Gasteiger partial charge on any atom is -0.393 e. The van der Waals surface area contributed by atoms with Gasteiger partial charge in [-0.1, -0.05) is 34.8 Å². The summed E-state index contributed by atoms with van der Waals surface area (Å²) in [6.45, 7) is 0.118. The highest BCUT2D eigenvalue weighted by molar-refractivity contribution is 7.83. The van der Waals surface area contributed by atoms with Crippen LogP contribution in [-0.4, -0.2) is 44.0 Å². The highest BCUT2D eigenvalue weighted by Crippen LogP contribution is 2.34. The van der Waals surface area contributed by atoms with Crippen molar-refractivity contribution < 1.29 is 14.4 Å². The smallest absolute Gasteiger partial charge is 0.130 e. The number of benzene rings is 1. The van der Waals surface area contributed by atoms with Crippen molar-refractivity contribution in [3.8, 4) is 0 Å². The maximum atomic E-state index is 12.4. The van der Waals surface area contributed by atoms with Crippen molar-refractivity contribution in [2.24, 2.45) is 0 Å². The molecule has 0 spiro atoms. The maximum Gasteiger partial charge on any atom is 0.130 e. The Balaban J connectivity index is 2.27. The summed E-state index contributed by atoms with van der Waals surface area (Å²) in [7, 11) is -1.60. The van der Waals surface area contributed by atoms with E-state index in [0.29, 0.717) is 18.0 Å². The lowest BCUT2D eigenvalue weighted by Crippen LogP contribution is -2.37. The largest absolute Gasteiger partial charge is 0.393 e. The van der Waals surface area contributed by atoms with Gasteiger partial charge >= 0.3 is 0 Å². The fraction of sp³-hybridized carbons (Fsp3) is 0.455. The third-order valence-electron chi connectivity index (χ3n) is 2.96. The molecule has 0 aliphatic carbocycles. The zero-order chi connectivity index (χ0) is 14.2. The molecule has 1 aliphatic heterocycles. The molecule has 2 rings (SSSR count). The molecule has 2 atom stereocenters. The van der Waals surface area contributed by atoms with Gasteiger partial charge in [0, 0.05) is 18.1 Å². The third kappa shape index (κ3) is 3.24. The number of hydrogen-bond acceptors (Lipinski definition) is 3. The number of hydrogen-bond donors (Lipinski definition) is 2. The normalized spacial score (nSPS) is 25.7. The van der Waals surface area contributed by atoms with Crippen molar-refractivity contribution in [1.82, 2.24) is 4.31 Å². The molecular formula is C11H12Cl3NO3S. The number of rotatable bonds is 3. The van der Waals surface area contributed by atoms with E-state index in [-0.39, 0.29) is 28.1 Å². The lowest BCUT2D eigenvalue weighted by Gasteiger charge is -2.20. The van der Waals surface area contributed by atoms with Crippen LogP contribution in [0.15, 0.2) is 17.0 Å². The van der Waals surface area contributed by atoms with Crippen LogP contribution in [0.4, 0.5) is 0 Å². The lowest BCUT2D eigenvalue weighted by molar-refractivity contribution is -0.000502. The first-order chi connectivity index (χ1) is 8.86. The Morgan fingerprint density at radius 2 is 1.89 bits per heavy atom. The molecule has 1 aromatic rings. The second-order valence-corrected chi connectivity index (χ2v) is 7.12. The zero-order valence-corrected chi connectivity index (χ0v) is 12.9. The fourth-order valence-electron chi connectivity index (χ4n) is 1.91. The standard InChI is InChI=1S/C11H12Cl3NO3S/c12-7-3-8(13)10(9(14)4-7)19(18)15-2-1-11(17,5-15)6-16/h3-4,16-17H,1-2,5-6H2. The molecule has 8 heteroatoms. The van der Waals surface area contributed by atoms with Crippen molar-refractivity contribution in [3.05, 3.63) is 27.2 Å². The molecule has 106 valence electrons. The Kier molecular flexibility index (Phi) is 4.78. The molecular weight excluding hydrogens is 333 g/mol. The fourth-order valence-corrected chi connectivity index (χ4v) is 4.45. The predicted octanol–water partition coefficient (Wildman–Crippen LogP) is 2.10. The van der Waals surface area contributed by atoms with Crippen molar-refractivity contribution in [2.45, 2.75) is 16.9 Å². The van der Waals surface area contributed by atoms with Gasteiger partial charge in [0.1, 0.15) is 16.6 Å². The topological polar surface area (TPSA) is 60.8 Å². The first-order valence-corrected chi connectivity index (χ1v) is 7.75. The van der Waals surface area contributed by atoms with Crippen LogP contribution in [0.25, 0.3) is 0 Å². The zero-order valence-electron chi connectivity index (χ0n) is 9.78. The van der Waals surface area contributed by atoms with E-state index >= 15 is 0 Å². The Morgan fingerprint density at radius 1 is 1.32 bits per heavy atom. The molecule has 0 aromatic heterocycles. The minimum atomic E-state index is -1.60. The molecule has 4 nitrogen and oxygen atoms in total. The summed E-state index contributed by atoms with van der Waals surface area (Å²) in [5.74, 6) is 0. The van der Waals surface area contributed by atoms with Crippen LogP contribution in [-0.2, 0) is 11.0 Å². The average molecular weight is 345 g/mol. The van der Waals surface area contributed by atoms with Crippen LogP contribution in [0, 0.1) is 0 Å². The number of halogens is 3. The van der Waals surface area contributed by atoms with E-state index < -0.39 is 16.6 Å². The summed E-state index contributed by atoms with van der Waals surface area (Å²) in [6.07, 6.45) is 0.345. The Labute approximate surface area is 128 Å². The van der Waals surface area contributed by atoms with Gasteiger partial charge in [0.05, 0.1) is 21.5 Å². The van der Waals surface area contributed by atoms with Crippen LogP contribution >= 0.6 is 34.8 Å². The summed E-state index contributed by atoms with van der Waals surface area (Å²) >= 11 is 17.8. The summed E-state index contributed by atoms with van der Waals surface area (Å²) in [5, 5.41) is 19.8. The molecule has 0 radical (unpaired) electrons. The van der Waals surface area contributed by atoms with Gasteiger partial charge in [-0.15, -0.1) is 0 Å². The summed E-state index contributed by atoms with van der Waals surface area (Å²) in [4.78, 5) is 0.273. The van der Waals surface area contributed by atoms with Gasteiger partial charge in [-0.05, 0) is 18.6 Å². The molecule has 0 amide bonds. The monoisotopic (exact) mass is 343 g/mol. The molecule has 2 N–H and O–H groups in total.